The monoisotopic (exact) mass is 263 g/mol. The largest absolute Gasteiger partial charge is 0.465 e. The van der Waals surface area contributed by atoms with E-state index in [1.807, 2.05) is 20.8 Å². The molecule has 2 unspecified atom stereocenters. The van der Waals surface area contributed by atoms with E-state index in [1.54, 1.807) is 18.8 Å². The lowest BCUT2D eigenvalue weighted by molar-refractivity contribution is -0.150. The van der Waals surface area contributed by atoms with Crippen LogP contribution in [-0.2, 0) is 9.53 Å². The maximum atomic E-state index is 11.7. The molecule has 0 aliphatic rings. The average Bonchev–Trinajstić information content (AvgIpc) is 2.34. The van der Waals surface area contributed by atoms with Crippen molar-refractivity contribution >= 4 is 17.7 Å². The molecule has 0 amide bonds. The van der Waals surface area contributed by atoms with Gasteiger partial charge < -0.3 is 15.2 Å². The van der Waals surface area contributed by atoms with Gasteiger partial charge in [-0.15, -0.1) is 0 Å². The highest BCUT2D eigenvalue weighted by atomic mass is 32.2. The Balaban J connectivity index is 3.99. The van der Waals surface area contributed by atoms with Crippen LogP contribution in [-0.4, -0.2) is 48.4 Å². The molecule has 0 heterocycles. The number of hydrogen-bond acceptors (Lipinski definition) is 5. The SMILES string of the molecule is CCOC(=O)C(C)(CCSCC(C)CO)NC. The van der Waals surface area contributed by atoms with Gasteiger partial charge in [0, 0.05) is 6.61 Å². The quantitative estimate of drug-likeness (QED) is 0.485. The van der Waals surface area contributed by atoms with Crippen molar-refractivity contribution in [3.05, 3.63) is 0 Å². The van der Waals surface area contributed by atoms with Crippen LogP contribution in [0.5, 0.6) is 0 Å². The maximum Gasteiger partial charge on any atom is 0.326 e. The van der Waals surface area contributed by atoms with Crippen molar-refractivity contribution in [1.82, 2.24) is 5.32 Å². The standard InChI is InChI=1S/C12H25NO3S/c1-5-16-11(15)12(3,13-4)6-7-17-9-10(2)8-14/h10,13-14H,5-9H2,1-4H3. The molecule has 0 fully saturated rings. The molecular formula is C12H25NO3S. The lowest BCUT2D eigenvalue weighted by Crippen LogP contribution is -2.49. The Kier molecular flexibility index (Phi) is 8.64. The number of likely N-dealkylation sites (N-methyl/N-ethyl adjacent to an activating group) is 1. The normalized spacial score (nSPS) is 16.3. The van der Waals surface area contributed by atoms with Gasteiger partial charge in [-0.2, -0.15) is 11.8 Å². The van der Waals surface area contributed by atoms with E-state index in [0.717, 1.165) is 17.9 Å². The molecular weight excluding hydrogens is 238 g/mol. The highest BCUT2D eigenvalue weighted by molar-refractivity contribution is 7.99. The second-order valence-electron chi connectivity index (χ2n) is 4.42. The lowest BCUT2D eigenvalue weighted by Gasteiger charge is -2.26. The van der Waals surface area contributed by atoms with Crippen LogP contribution in [0.4, 0.5) is 0 Å². The zero-order valence-corrected chi connectivity index (χ0v) is 12.1. The van der Waals surface area contributed by atoms with Gasteiger partial charge in [-0.25, -0.2) is 0 Å². The first-order valence-corrected chi connectivity index (χ1v) is 7.20. The summed E-state index contributed by atoms with van der Waals surface area (Å²) in [5.41, 5.74) is -0.606. The first-order valence-electron chi connectivity index (χ1n) is 6.05. The van der Waals surface area contributed by atoms with E-state index in [4.69, 9.17) is 9.84 Å². The Morgan fingerprint density at radius 2 is 2.24 bits per heavy atom. The van der Waals surface area contributed by atoms with Crippen LogP contribution in [0.2, 0.25) is 0 Å². The van der Waals surface area contributed by atoms with Crippen LogP contribution in [0, 0.1) is 5.92 Å². The van der Waals surface area contributed by atoms with Gasteiger partial charge in [0.15, 0.2) is 0 Å². The molecule has 0 aromatic carbocycles. The fourth-order valence-corrected chi connectivity index (χ4v) is 2.46. The molecule has 0 rings (SSSR count). The molecule has 0 aromatic heterocycles. The molecule has 0 saturated carbocycles. The van der Waals surface area contributed by atoms with E-state index in [0.29, 0.717) is 12.5 Å². The van der Waals surface area contributed by atoms with Gasteiger partial charge in [-0.3, -0.25) is 4.79 Å². The minimum absolute atomic E-state index is 0.196. The Bertz CT molecular complexity index is 226. The second-order valence-corrected chi connectivity index (χ2v) is 5.57. The number of thioether (sulfide) groups is 1. The third-order valence-electron chi connectivity index (χ3n) is 2.74. The summed E-state index contributed by atoms with van der Waals surface area (Å²) in [7, 11) is 1.78. The third kappa shape index (κ3) is 6.29. The van der Waals surface area contributed by atoms with Gasteiger partial charge >= 0.3 is 5.97 Å². The van der Waals surface area contributed by atoms with E-state index in [1.165, 1.54) is 0 Å². The molecule has 17 heavy (non-hydrogen) atoms. The van der Waals surface area contributed by atoms with E-state index in [-0.39, 0.29) is 12.6 Å². The van der Waals surface area contributed by atoms with E-state index in [2.05, 4.69) is 5.32 Å². The highest BCUT2D eigenvalue weighted by Crippen LogP contribution is 2.17. The summed E-state index contributed by atoms with van der Waals surface area (Å²) in [4.78, 5) is 11.7. The molecule has 0 aliphatic carbocycles. The molecule has 0 radical (unpaired) electrons. The molecule has 0 spiro atoms. The Labute approximate surface area is 108 Å². The highest BCUT2D eigenvalue weighted by Gasteiger charge is 2.32. The second kappa shape index (κ2) is 8.78. The Morgan fingerprint density at radius 1 is 1.59 bits per heavy atom. The summed E-state index contributed by atoms with van der Waals surface area (Å²) in [5, 5.41) is 11.9. The van der Waals surface area contributed by atoms with Crippen LogP contribution < -0.4 is 5.32 Å². The van der Waals surface area contributed by atoms with E-state index >= 15 is 0 Å². The molecule has 2 atom stereocenters. The molecule has 0 saturated heterocycles. The first kappa shape index (κ1) is 16.7. The number of carbonyl (C=O) groups is 1. The van der Waals surface area contributed by atoms with Gasteiger partial charge in [0.1, 0.15) is 5.54 Å². The summed E-state index contributed by atoms with van der Waals surface area (Å²) >= 11 is 1.76. The minimum Gasteiger partial charge on any atom is -0.465 e. The average molecular weight is 263 g/mol. The van der Waals surface area contributed by atoms with Crippen molar-refractivity contribution in [3.63, 3.8) is 0 Å². The van der Waals surface area contributed by atoms with Crippen molar-refractivity contribution < 1.29 is 14.6 Å². The molecule has 0 aliphatic heterocycles. The first-order chi connectivity index (χ1) is 8.00. The van der Waals surface area contributed by atoms with Crippen molar-refractivity contribution in [2.45, 2.75) is 32.7 Å². The van der Waals surface area contributed by atoms with Crippen LogP contribution in [0.25, 0.3) is 0 Å². The predicted molar refractivity (Wildman–Crippen MR) is 72.3 cm³/mol. The molecule has 0 bridgehead atoms. The minimum atomic E-state index is -0.606. The Hall–Kier alpha value is -0.260. The third-order valence-corrected chi connectivity index (χ3v) is 4.04. The zero-order chi connectivity index (χ0) is 13.3. The lowest BCUT2D eigenvalue weighted by atomic mass is 10.00. The number of carbonyl (C=O) groups excluding carboxylic acids is 1. The van der Waals surface area contributed by atoms with Gasteiger partial charge in [-0.1, -0.05) is 6.92 Å². The number of aliphatic hydroxyl groups excluding tert-OH is 1. The molecule has 0 aromatic rings. The smallest absolute Gasteiger partial charge is 0.326 e. The van der Waals surface area contributed by atoms with Crippen LogP contribution >= 0.6 is 11.8 Å². The summed E-state index contributed by atoms with van der Waals surface area (Å²) in [6, 6.07) is 0. The number of aliphatic hydroxyl groups is 1. The van der Waals surface area contributed by atoms with Gasteiger partial charge in [-0.05, 0) is 44.7 Å². The van der Waals surface area contributed by atoms with Gasteiger partial charge in [0.05, 0.1) is 6.61 Å². The van der Waals surface area contributed by atoms with Crippen molar-refractivity contribution in [2.24, 2.45) is 5.92 Å². The molecule has 5 heteroatoms. The predicted octanol–water partition coefficient (Wildman–Crippen LogP) is 1.28. The molecule has 2 N–H and O–H groups in total. The van der Waals surface area contributed by atoms with Crippen LogP contribution in [0.15, 0.2) is 0 Å². The van der Waals surface area contributed by atoms with Crippen molar-refractivity contribution in [3.8, 4) is 0 Å². The van der Waals surface area contributed by atoms with Crippen LogP contribution in [0.1, 0.15) is 27.2 Å². The number of ether oxygens (including phenoxy) is 1. The van der Waals surface area contributed by atoms with E-state index in [9.17, 15) is 4.79 Å². The van der Waals surface area contributed by atoms with E-state index < -0.39 is 5.54 Å². The summed E-state index contributed by atoms with van der Waals surface area (Å²) in [5.74, 6) is 1.90. The zero-order valence-electron chi connectivity index (χ0n) is 11.3. The van der Waals surface area contributed by atoms with Gasteiger partial charge in [0.2, 0.25) is 0 Å². The summed E-state index contributed by atoms with van der Waals surface area (Å²) in [6.45, 7) is 6.31. The van der Waals surface area contributed by atoms with Crippen LogP contribution in [0.3, 0.4) is 0 Å². The summed E-state index contributed by atoms with van der Waals surface area (Å²) < 4.78 is 5.05. The Morgan fingerprint density at radius 3 is 2.71 bits per heavy atom. The number of rotatable bonds is 9. The fraction of sp³-hybridized carbons (Fsp3) is 0.917. The number of esters is 1. The fourth-order valence-electron chi connectivity index (χ4n) is 1.23. The maximum absolute atomic E-state index is 11.7. The van der Waals surface area contributed by atoms with Crippen molar-refractivity contribution in [1.29, 1.82) is 0 Å². The topological polar surface area (TPSA) is 58.6 Å². The van der Waals surface area contributed by atoms with Crippen molar-refractivity contribution in [2.75, 3.05) is 31.8 Å². The summed E-state index contributed by atoms with van der Waals surface area (Å²) in [6.07, 6.45) is 0.727. The molecule has 102 valence electrons. The number of hydrogen-bond donors (Lipinski definition) is 2. The molecule has 4 nitrogen and oxygen atoms in total. The number of nitrogens with one attached hydrogen (secondary N) is 1. The van der Waals surface area contributed by atoms with Gasteiger partial charge in [0.25, 0.3) is 0 Å².